The SMILES string of the molecule is CCCNC(=O)c1ccnc(NC2CCN(Cc3ccccc3)CC2)c1. The molecule has 2 aromatic rings. The predicted octanol–water partition coefficient (Wildman–Crippen LogP) is 3.30. The van der Waals surface area contributed by atoms with E-state index in [-0.39, 0.29) is 5.91 Å². The van der Waals surface area contributed by atoms with Gasteiger partial charge in [0.25, 0.3) is 5.91 Å². The molecular weight excluding hydrogens is 324 g/mol. The zero-order valence-electron chi connectivity index (χ0n) is 15.4. The number of rotatable bonds is 7. The molecule has 1 aliphatic rings. The zero-order valence-corrected chi connectivity index (χ0v) is 15.4. The van der Waals surface area contributed by atoms with Gasteiger partial charge in [0, 0.05) is 44.0 Å². The molecule has 2 N–H and O–H groups in total. The highest BCUT2D eigenvalue weighted by molar-refractivity contribution is 5.94. The number of nitrogens with one attached hydrogen (secondary N) is 2. The molecular formula is C21H28N4O. The molecule has 0 unspecified atom stereocenters. The number of anilines is 1. The van der Waals surface area contributed by atoms with Crippen LogP contribution in [0.2, 0.25) is 0 Å². The fourth-order valence-electron chi connectivity index (χ4n) is 3.28. The van der Waals surface area contributed by atoms with E-state index in [4.69, 9.17) is 0 Å². The molecule has 1 amide bonds. The molecule has 0 saturated carbocycles. The Morgan fingerprint density at radius 2 is 1.96 bits per heavy atom. The Bertz CT molecular complexity index is 696. The number of likely N-dealkylation sites (tertiary alicyclic amines) is 1. The topological polar surface area (TPSA) is 57.3 Å². The lowest BCUT2D eigenvalue weighted by Gasteiger charge is -2.32. The highest BCUT2D eigenvalue weighted by Crippen LogP contribution is 2.18. The van der Waals surface area contributed by atoms with Crippen LogP contribution in [-0.2, 0) is 6.54 Å². The van der Waals surface area contributed by atoms with Crippen LogP contribution in [0.15, 0.2) is 48.7 Å². The molecule has 26 heavy (non-hydrogen) atoms. The second kappa shape index (κ2) is 9.34. The summed E-state index contributed by atoms with van der Waals surface area (Å²) in [5.74, 6) is 0.755. The standard InChI is InChI=1S/C21H28N4O/c1-2-11-23-21(26)18-8-12-22-20(15-18)24-19-9-13-25(14-10-19)16-17-6-4-3-5-7-17/h3-8,12,15,19H,2,9-11,13-14,16H2,1H3,(H,22,24)(H,23,26). The monoisotopic (exact) mass is 352 g/mol. The molecule has 1 aliphatic heterocycles. The van der Waals surface area contributed by atoms with Crippen LogP contribution in [0.5, 0.6) is 0 Å². The normalized spacial score (nSPS) is 15.6. The van der Waals surface area contributed by atoms with Gasteiger partial charge < -0.3 is 10.6 Å². The number of carbonyl (C=O) groups is 1. The van der Waals surface area contributed by atoms with Crippen molar-refractivity contribution in [3.8, 4) is 0 Å². The molecule has 0 aliphatic carbocycles. The smallest absolute Gasteiger partial charge is 0.251 e. The molecule has 5 nitrogen and oxygen atoms in total. The summed E-state index contributed by atoms with van der Waals surface area (Å²) < 4.78 is 0. The van der Waals surface area contributed by atoms with Crippen molar-refractivity contribution in [2.24, 2.45) is 0 Å². The number of piperidine rings is 1. The minimum atomic E-state index is -0.0324. The first kappa shape index (κ1) is 18.4. The molecule has 1 aromatic heterocycles. The van der Waals surface area contributed by atoms with Crippen molar-refractivity contribution >= 4 is 11.7 Å². The fraction of sp³-hybridized carbons (Fsp3) is 0.429. The van der Waals surface area contributed by atoms with E-state index in [9.17, 15) is 4.79 Å². The Balaban J connectivity index is 1.49. The van der Waals surface area contributed by atoms with Crippen molar-refractivity contribution in [1.82, 2.24) is 15.2 Å². The van der Waals surface area contributed by atoms with Gasteiger partial charge in [-0.2, -0.15) is 0 Å². The summed E-state index contributed by atoms with van der Waals surface area (Å²) in [4.78, 5) is 19.0. The van der Waals surface area contributed by atoms with Gasteiger partial charge in [-0.25, -0.2) is 4.98 Å². The van der Waals surface area contributed by atoms with Gasteiger partial charge in [-0.3, -0.25) is 9.69 Å². The van der Waals surface area contributed by atoms with E-state index in [1.807, 2.05) is 13.0 Å². The van der Waals surface area contributed by atoms with E-state index in [0.717, 1.165) is 44.7 Å². The highest BCUT2D eigenvalue weighted by atomic mass is 16.1. The lowest BCUT2D eigenvalue weighted by Crippen LogP contribution is -2.38. The van der Waals surface area contributed by atoms with Crippen LogP contribution in [-0.4, -0.2) is 41.5 Å². The van der Waals surface area contributed by atoms with Crippen molar-refractivity contribution in [3.05, 3.63) is 59.8 Å². The second-order valence-electron chi connectivity index (χ2n) is 6.87. The van der Waals surface area contributed by atoms with Gasteiger partial charge in [-0.15, -0.1) is 0 Å². The Kier molecular flexibility index (Phi) is 6.61. The van der Waals surface area contributed by atoms with Crippen LogP contribution in [0.4, 0.5) is 5.82 Å². The van der Waals surface area contributed by atoms with Gasteiger partial charge in [0.1, 0.15) is 5.82 Å². The molecule has 0 bridgehead atoms. The Labute approximate surface area is 155 Å². The van der Waals surface area contributed by atoms with Crippen LogP contribution in [0.3, 0.4) is 0 Å². The molecule has 138 valence electrons. The van der Waals surface area contributed by atoms with E-state index in [1.165, 1.54) is 5.56 Å². The zero-order chi connectivity index (χ0) is 18.2. The number of amides is 1. The molecule has 1 saturated heterocycles. The Morgan fingerprint density at radius 3 is 2.69 bits per heavy atom. The fourth-order valence-corrected chi connectivity index (χ4v) is 3.28. The summed E-state index contributed by atoms with van der Waals surface area (Å²) >= 11 is 0. The van der Waals surface area contributed by atoms with E-state index in [0.29, 0.717) is 18.2 Å². The molecule has 0 atom stereocenters. The van der Waals surface area contributed by atoms with Gasteiger partial charge in [0.15, 0.2) is 0 Å². The molecule has 3 rings (SSSR count). The van der Waals surface area contributed by atoms with E-state index in [1.54, 1.807) is 12.3 Å². The summed E-state index contributed by atoms with van der Waals surface area (Å²) in [6, 6.07) is 14.6. The molecule has 2 heterocycles. The van der Waals surface area contributed by atoms with Gasteiger partial charge in [0.2, 0.25) is 0 Å². The quantitative estimate of drug-likeness (QED) is 0.803. The van der Waals surface area contributed by atoms with Crippen molar-refractivity contribution < 1.29 is 4.79 Å². The highest BCUT2D eigenvalue weighted by Gasteiger charge is 2.19. The molecule has 1 aromatic carbocycles. The first-order valence-electron chi connectivity index (χ1n) is 9.51. The number of aromatic nitrogens is 1. The molecule has 0 spiro atoms. The Hall–Kier alpha value is -2.40. The molecule has 0 radical (unpaired) electrons. The summed E-state index contributed by atoms with van der Waals surface area (Å²) in [5, 5.41) is 6.41. The number of pyridine rings is 1. The average molecular weight is 352 g/mol. The summed E-state index contributed by atoms with van der Waals surface area (Å²) in [6.07, 6.45) is 4.80. The average Bonchev–Trinajstić information content (AvgIpc) is 2.69. The van der Waals surface area contributed by atoms with Crippen LogP contribution >= 0.6 is 0 Å². The van der Waals surface area contributed by atoms with Crippen molar-refractivity contribution in [2.75, 3.05) is 25.0 Å². The third-order valence-corrected chi connectivity index (χ3v) is 4.75. The molecule has 5 heteroatoms. The number of carbonyl (C=O) groups excluding carboxylic acids is 1. The van der Waals surface area contributed by atoms with E-state index >= 15 is 0 Å². The lowest BCUT2D eigenvalue weighted by atomic mass is 10.0. The second-order valence-corrected chi connectivity index (χ2v) is 6.87. The number of hydrogen-bond donors (Lipinski definition) is 2. The number of nitrogens with zero attached hydrogens (tertiary/aromatic N) is 2. The van der Waals surface area contributed by atoms with Crippen molar-refractivity contribution in [1.29, 1.82) is 0 Å². The maximum Gasteiger partial charge on any atom is 0.251 e. The van der Waals surface area contributed by atoms with Crippen molar-refractivity contribution in [2.45, 2.75) is 38.8 Å². The number of hydrogen-bond acceptors (Lipinski definition) is 4. The van der Waals surface area contributed by atoms with Gasteiger partial charge >= 0.3 is 0 Å². The third-order valence-electron chi connectivity index (χ3n) is 4.75. The molecule has 1 fully saturated rings. The van der Waals surface area contributed by atoms with Crippen LogP contribution in [0, 0.1) is 0 Å². The van der Waals surface area contributed by atoms with Crippen LogP contribution in [0.25, 0.3) is 0 Å². The van der Waals surface area contributed by atoms with Gasteiger partial charge in [0.05, 0.1) is 0 Å². The minimum absolute atomic E-state index is 0.0324. The largest absolute Gasteiger partial charge is 0.367 e. The minimum Gasteiger partial charge on any atom is -0.367 e. The lowest BCUT2D eigenvalue weighted by molar-refractivity contribution is 0.0953. The maximum atomic E-state index is 12.1. The first-order chi connectivity index (χ1) is 12.7. The maximum absolute atomic E-state index is 12.1. The van der Waals surface area contributed by atoms with Crippen LogP contribution in [0.1, 0.15) is 42.1 Å². The Morgan fingerprint density at radius 1 is 1.19 bits per heavy atom. The number of benzene rings is 1. The van der Waals surface area contributed by atoms with Gasteiger partial charge in [-0.1, -0.05) is 37.3 Å². The predicted molar refractivity (Wildman–Crippen MR) is 105 cm³/mol. The van der Waals surface area contributed by atoms with E-state index < -0.39 is 0 Å². The summed E-state index contributed by atoms with van der Waals surface area (Å²) in [5.41, 5.74) is 2.03. The summed E-state index contributed by atoms with van der Waals surface area (Å²) in [7, 11) is 0. The van der Waals surface area contributed by atoms with Crippen LogP contribution < -0.4 is 10.6 Å². The van der Waals surface area contributed by atoms with Crippen molar-refractivity contribution in [3.63, 3.8) is 0 Å². The first-order valence-corrected chi connectivity index (χ1v) is 9.51. The van der Waals surface area contributed by atoms with Gasteiger partial charge in [-0.05, 0) is 37.0 Å². The summed E-state index contributed by atoms with van der Waals surface area (Å²) in [6.45, 7) is 5.90. The third kappa shape index (κ3) is 5.30. The van der Waals surface area contributed by atoms with E-state index in [2.05, 4.69) is 50.8 Å².